The van der Waals surface area contributed by atoms with Gasteiger partial charge < -0.3 is 9.84 Å². The molecule has 1 aliphatic heterocycles. The molecular weight excluding hydrogens is 319 g/mol. The molecule has 1 aromatic rings. The minimum Gasteiger partial charge on any atom is -0.354 e. The summed E-state index contributed by atoms with van der Waals surface area (Å²) in [5.41, 5.74) is 0.802. The van der Waals surface area contributed by atoms with E-state index >= 15 is 0 Å². The van der Waals surface area contributed by atoms with Crippen molar-refractivity contribution in [2.45, 2.75) is 65.0 Å². The van der Waals surface area contributed by atoms with E-state index in [0.29, 0.717) is 0 Å². The lowest BCUT2D eigenvalue weighted by atomic mass is 9.88. The van der Waals surface area contributed by atoms with E-state index < -0.39 is 24.0 Å². The highest BCUT2D eigenvalue weighted by Crippen LogP contribution is 2.60. The number of rotatable bonds is 3. The van der Waals surface area contributed by atoms with E-state index in [-0.39, 0.29) is 26.3 Å². The van der Waals surface area contributed by atoms with Crippen LogP contribution in [0.15, 0.2) is 24.3 Å². The summed E-state index contributed by atoms with van der Waals surface area (Å²) in [6, 6.07) is 5.76. The van der Waals surface area contributed by atoms with Gasteiger partial charge in [-0.3, -0.25) is 0 Å². The SMILES string of the molecule is C.C.CCC(C)c1ccc(C2OC(O)(C(F)(F)F)C2(F)F)cc1. The van der Waals surface area contributed by atoms with Crippen LogP contribution in [0.3, 0.4) is 0 Å². The Balaban J connectivity index is 0.00000242. The molecule has 23 heavy (non-hydrogen) atoms. The van der Waals surface area contributed by atoms with E-state index in [1.165, 1.54) is 12.1 Å². The Morgan fingerprint density at radius 2 is 1.65 bits per heavy atom. The van der Waals surface area contributed by atoms with Gasteiger partial charge in [0.05, 0.1) is 0 Å². The average Bonchev–Trinajstić information content (AvgIpc) is 2.42. The number of hydrogen-bond donors (Lipinski definition) is 1. The van der Waals surface area contributed by atoms with Crippen LogP contribution in [0.25, 0.3) is 0 Å². The Hall–Kier alpha value is -1.21. The first-order valence-electron chi connectivity index (χ1n) is 6.49. The molecule has 134 valence electrons. The molecule has 0 saturated carbocycles. The molecule has 1 aromatic carbocycles. The highest BCUT2D eigenvalue weighted by atomic mass is 19.4. The number of alkyl halides is 5. The first-order valence-corrected chi connectivity index (χ1v) is 6.49. The molecule has 1 fully saturated rings. The first-order chi connectivity index (χ1) is 9.54. The quantitative estimate of drug-likeness (QED) is 0.742. The second kappa shape index (κ2) is 6.73. The molecule has 2 nitrogen and oxygen atoms in total. The molecule has 1 heterocycles. The second-order valence-electron chi connectivity index (χ2n) is 5.24. The third kappa shape index (κ3) is 3.21. The maximum atomic E-state index is 13.7. The lowest BCUT2D eigenvalue weighted by Gasteiger charge is -2.50. The molecule has 7 heteroatoms. The van der Waals surface area contributed by atoms with Gasteiger partial charge in [-0.15, -0.1) is 0 Å². The minimum absolute atomic E-state index is 0. The molecule has 1 N–H and O–H groups in total. The van der Waals surface area contributed by atoms with Crippen LogP contribution in [0, 0.1) is 0 Å². The third-order valence-electron chi connectivity index (χ3n) is 3.87. The summed E-state index contributed by atoms with van der Waals surface area (Å²) < 4.78 is 68.7. The topological polar surface area (TPSA) is 29.5 Å². The Bertz CT molecular complexity index is 512. The van der Waals surface area contributed by atoms with E-state index in [1.54, 1.807) is 12.1 Å². The second-order valence-corrected chi connectivity index (χ2v) is 5.24. The van der Waals surface area contributed by atoms with Gasteiger partial charge >= 0.3 is 17.9 Å². The summed E-state index contributed by atoms with van der Waals surface area (Å²) in [5, 5.41) is 8.99. The predicted octanol–water partition coefficient (Wildman–Crippen LogP) is 5.43. The van der Waals surface area contributed by atoms with Crippen LogP contribution in [0.5, 0.6) is 0 Å². The molecule has 0 amide bonds. The van der Waals surface area contributed by atoms with Crippen LogP contribution in [0.4, 0.5) is 22.0 Å². The third-order valence-corrected chi connectivity index (χ3v) is 3.87. The van der Waals surface area contributed by atoms with Gasteiger partial charge in [0.15, 0.2) is 6.10 Å². The normalized spacial score (nSPS) is 27.2. The van der Waals surface area contributed by atoms with Gasteiger partial charge in [0.25, 0.3) is 0 Å². The van der Waals surface area contributed by atoms with Gasteiger partial charge in [-0.25, -0.2) is 0 Å². The van der Waals surface area contributed by atoms with Gasteiger partial charge in [-0.05, 0) is 23.5 Å². The van der Waals surface area contributed by atoms with Gasteiger partial charge in [0.1, 0.15) is 0 Å². The molecule has 1 saturated heterocycles. The van der Waals surface area contributed by atoms with Crippen molar-refractivity contribution in [2.24, 2.45) is 0 Å². The molecule has 0 aliphatic carbocycles. The van der Waals surface area contributed by atoms with Gasteiger partial charge in [0.2, 0.25) is 0 Å². The molecule has 0 radical (unpaired) electrons. The number of halogens is 5. The predicted molar refractivity (Wildman–Crippen MR) is 78.4 cm³/mol. The Morgan fingerprint density at radius 3 is 2.00 bits per heavy atom. The van der Waals surface area contributed by atoms with E-state index in [0.717, 1.165) is 12.0 Å². The van der Waals surface area contributed by atoms with Crippen LogP contribution >= 0.6 is 0 Å². The average molecular weight is 342 g/mol. The Labute approximate surface area is 133 Å². The van der Waals surface area contributed by atoms with Gasteiger partial charge in [-0.2, -0.15) is 22.0 Å². The van der Waals surface area contributed by atoms with Crippen LogP contribution < -0.4 is 0 Å². The monoisotopic (exact) mass is 342 g/mol. The summed E-state index contributed by atoms with van der Waals surface area (Å²) >= 11 is 0. The zero-order valence-electron chi connectivity index (χ0n) is 11.4. The number of aliphatic hydroxyl groups is 1. The Morgan fingerprint density at radius 1 is 1.17 bits per heavy atom. The highest BCUT2D eigenvalue weighted by molar-refractivity contribution is 5.30. The highest BCUT2D eigenvalue weighted by Gasteiger charge is 2.82. The summed E-state index contributed by atoms with van der Waals surface area (Å²) in [7, 11) is 0. The lowest BCUT2D eigenvalue weighted by molar-refractivity contribution is -0.528. The van der Waals surface area contributed by atoms with E-state index in [2.05, 4.69) is 4.74 Å². The fourth-order valence-corrected chi connectivity index (χ4v) is 2.21. The van der Waals surface area contributed by atoms with E-state index in [1.807, 2.05) is 13.8 Å². The van der Waals surface area contributed by atoms with Crippen LogP contribution in [0.2, 0.25) is 0 Å². The largest absolute Gasteiger partial charge is 0.449 e. The maximum Gasteiger partial charge on any atom is 0.449 e. The van der Waals surface area contributed by atoms with Crippen molar-refractivity contribution in [1.29, 1.82) is 0 Å². The van der Waals surface area contributed by atoms with Crippen molar-refractivity contribution in [1.82, 2.24) is 0 Å². The van der Waals surface area contributed by atoms with Crippen LogP contribution in [-0.4, -0.2) is 23.0 Å². The first kappa shape index (κ1) is 21.8. The van der Waals surface area contributed by atoms with Crippen LogP contribution in [-0.2, 0) is 4.74 Å². The molecule has 0 aromatic heterocycles. The van der Waals surface area contributed by atoms with E-state index in [9.17, 15) is 22.0 Å². The van der Waals surface area contributed by atoms with Crippen molar-refractivity contribution in [3.8, 4) is 0 Å². The summed E-state index contributed by atoms with van der Waals surface area (Å²) in [4.78, 5) is 0. The van der Waals surface area contributed by atoms with Gasteiger partial charge in [0, 0.05) is 0 Å². The maximum absolute atomic E-state index is 13.7. The zero-order valence-corrected chi connectivity index (χ0v) is 11.4. The molecule has 1 aliphatic rings. The smallest absolute Gasteiger partial charge is 0.354 e. The van der Waals surface area contributed by atoms with Gasteiger partial charge in [-0.1, -0.05) is 53.0 Å². The molecule has 0 bridgehead atoms. The van der Waals surface area contributed by atoms with Crippen molar-refractivity contribution >= 4 is 0 Å². The molecule has 3 atom stereocenters. The molecule has 0 spiro atoms. The van der Waals surface area contributed by atoms with E-state index in [4.69, 9.17) is 5.11 Å². The summed E-state index contributed by atoms with van der Waals surface area (Å²) in [5.74, 6) is -8.63. The lowest BCUT2D eigenvalue weighted by Crippen LogP contribution is -2.72. The molecular formula is C16H23F5O2. The van der Waals surface area contributed by atoms with Crippen molar-refractivity contribution in [3.05, 3.63) is 35.4 Å². The number of ether oxygens (including phenoxy) is 1. The van der Waals surface area contributed by atoms with Crippen molar-refractivity contribution < 1.29 is 31.8 Å². The number of hydrogen-bond acceptors (Lipinski definition) is 2. The number of benzene rings is 1. The zero-order chi connectivity index (χ0) is 16.1. The molecule has 3 unspecified atom stereocenters. The standard InChI is InChI=1S/C14H15F5O2.2CH4/c1-3-8(2)9-4-6-10(7-5-9)11-12(15,16)13(20,21-11)14(17,18)19;;/h4-8,11,20H,3H2,1-2H3;2*1H4. The summed E-state index contributed by atoms with van der Waals surface area (Å²) in [6.07, 6.45) is -6.80. The van der Waals surface area contributed by atoms with Crippen molar-refractivity contribution in [3.63, 3.8) is 0 Å². The molecule has 2 rings (SSSR count). The van der Waals surface area contributed by atoms with Crippen LogP contribution in [0.1, 0.15) is 58.3 Å². The Kier molecular flexibility index (Phi) is 6.37. The fourth-order valence-electron chi connectivity index (χ4n) is 2.21. The summed E-state index contributed by atoms with van der Waals surface area (Å²) in [6.45, 7) is 3.91. The fraction of sp³-hybridized carbons (Fsp3) is 0.625. The minimum atomic E-state index is -5.55. The van der Waals surface area contributed by atoms with Crippen molar-refractivity contribution in [2.75, 3.05) is 0 Å².